The van der Waals surface area contributed by atoms with E-state index < -0.39 is 0 Å². The van der Waals surface area contributed by atoms with Gasteiger partial charge in [0.1, 0.15) is 0 Å². The molecular formula is C16H22N4. The molecule has 106 valence electrons. The Hall–Kier alpha value is -1.68. The zero-order valence-electron chi connectivity index (χ0n) is 12.0. The smallest absolute Gasteiger partial charge is 0.223 e. The van der Waals surface area contributed by atoms with Gasteiger partial charge >= 0.3 is 0 Å². The molecule has 0 bridgehead atoms. The van der Waals surface area contributed by atoms with Gasteiger partial charge in [0.15, 0.2) is 0 Å². The number of nitrogens with one attached hydrogen (secondary N) is 1. The topological polar surface area (TPSA) is 41.0 Å². The van der Waals surface area contributed by atoms with Gasteiger partial charge in [-0.05, 0) is 44.5 Å². The van der Waals surface area contributed by atoms with Gasteiger partial charge in [-0.3, -0.25) is 0 Å². The lowest BCUT2D eigenvalue weighted by molar-refractivity contribution is 0.198. The first-order valence-electron chi connectivity index (χ1n) is 7.53. The molecule has 1 aromatic carbocycles. The van der Waals surface area contributed by atoms with Gasteiger partial charge in [0.05, 0.1) is 5.52 Å². The van der Waals surface area contributed by atoms with Crippen LogP contribution >= 0.6 is 0 Å². The van der Waals surface area contributed by atoms with E-state index in [1.54, 1.807) is 0 Å². The normalized spacial score (nSPS) is 17.4. The Morgan fingerprint density at radius 1 is 1.25 bits per heavy atom. The van der Waals surface area contributed by atoms with E-state index in [0.717, 1.165) is 29.3 Å². The highest BCUT2D eigenvalue weighted by Gasteiger charge is 2.17. The Kier molecular flexibility index (Phi) is 4.11. The van der Waals surface area contributed by atoms with Crippen molar-refractivity contribution in [1.29, 1.82) is 0 Å². The first-order valence-corrected chi connectivity index (χ1v) is 7.53. The van der Waals surface area contributed by atoms with Crippen molar-refractivity contribution in [2.45, 2.75) is 19.8 Å². The van der Waals surface area contributed by atoms with Crippen molar-refractivity contribution in [3.05, 3.63) is 30.5 Å². The molecule has 2 heterocycles. The monoisotopic (exact) mass is 270 g/mol. The molecule has 4 heteroatoms. The minimum Gasteiger partial charge on any atom is -0.354 e. The predicted molar refractivity (Wildman–Crippen MR) is 82.9 cm³/mol. The van der Waals surface area contributed by atoms with Crippen LogP contribution in [0.15, 0.2) is 30.5 Å². The molecule has 20 heavy (non-hydrogen) atoms. The minimum absolute atomic E-state index is 0.743. The van der Waals surface area contributed by atoms with Gasteiger partial charge in [-0.1, -0.05) is 25.1 Å². The molecule has 0 spiro atoms. The molecule has 4 nitrogen and oxygen atoms in total. The molecule has 1 aromatic heterocycles. The average Bonchev–Trinajstić information content (AvgIpc) is 2.53. The van der Waals surface area contributed by atoms with Crippen LogP contribution in [0.3, 0.4) is 0 Å². The second-order valence-electron chi connectivity index (χ2n) is 5.51. The number of para-hydroxylation sites is 1. The number of hydrogen-bond donors (Lipinski definition) is 1. The fourth-order valence-corrected chi connectivity index (χ4v) is 2.80. The summed E-state index contributed by atoms with van der Waals surface area (Å²) in [5, 5.41) is 4.49. The van der Waals surface area contributed by atoms with E-state index in [2.05, 4.69) is 27.1 Å². The number of piperidine rings is 1. The highest BCUT2D eigenvalue weighted by atomic mass is 15.1. The number of benzene rings is 1. The van der Waals surface area contributed by atoms with Crippen molar-refractivity contribution in [3.63, 3.8) is 0 Å². The molecule has 1 fully saturated rings. The third-order valence-corrected chi connectivity index (χ3v) is 4.19. The molecule has 0 unspecified atom stereocenters. The number of fused-ring (bicyclic) bond motifs is 1. The van der Waals surface area contributed by atoms with Crippen LogP contribution in [0, 0.1) is 5.92 Å². The van der Waals surface area contributed by atoms with Gasteiger partial charge in [0, 0.05) is 18.1 Å². The molecule has 3 rings (SSSR count). The summed E-state index contributed by atoms with van der Waals surface area (Å²) >= 11 is 0. The van der Waals surface area contributed by atoms with Crippen LogP contribution < -0.4 is 5.32 Å². The van der Waals surface area contributed by atoms with Gasteiger partial charge < -0.3 is 10.2 Å². The van der Waals surface area contributed by atoms with Crippen molar-refractivity contribution in [2.75, 3.05) is 31.5 Å². The Morgan fingerprint density at radius 3 is 2.85 bits per heavy atom. The molecule has 2 aromatic rings. The Balaban J connectivity index is 1.57. The summed E-state index contributed by atoms with van der Waals surface area (Å²) < 4.78 is 0. The lowest BCUT2D eigenvalue weighted by Crippen LogP contribution is -2.35. The fraction of sp³-hybridized carbons (Fsp3) is 0.500. The van der Waals surface area contributed by atoms with Gasteiger partial charge in [-0.15, -0.1) is 0 Å². The summed E-state index contributed by atoms with van der Waals surface area (Å²) in [6.45, 7) is 6.84. The summed E-state index contributed by atoms with van der Waals surface area (Å²) in [7, 11) is 0. The number of hydrogen-bond acceptors (Lipinski definition) is 4. The Labute approximate surface area is 120 Å². The Bertz CT molecular complexity index is 561. The highest BCUT2D eigenvalue weighted by Crippen LogP contribution is 2.18. The van der Waals surface area contributed by atoms with Crippen LogP contribution in [-0.2, 0) is 0 Å². The SMILES string of the molecule is CCN1CCC(CNc2ncc3ccccc3n2)CC1. The zero-order valence-corrected chi connectivity index (χ0v) is 12.0. The van der Waals surface area contributed by atoms with Crippen LogP contribution in [0.5, 0.6) is 0 Å². The van der Waals surface area contributed by atoms with Crippen molar-refractivity contribution in [2.24, 2.45) is 5.92 Å². The lowest BCUT2D eigenvalue weighted by Gasteiger charge is -2.31. The fourth-order valence-electron chi connectivity index (χ4n) is 2.80. The molecule has 1 aliphatic rings. The van der Waals surface area contributed by atoms with E-state index in [0.29, 0.717) is 0 Å². The molecule has 1 saturated heterocycles. The minimum atomic E-state index is 0.743. The van der Waals surface area contributed by atoms with Gasteiger partial charge in [-0.25, -0.2) is 9.97 Å². The zero-order chi connectivity index (χ0) is 13.8. The Morgan fingerprint density at radius 2 is 2.05 bits per heavy atom. The number of nitrogens with zero attached hydrogens (tertiary/aromatic N) is 3. The maximum Gasteiger partial charge on any atom is 0.223 e. The second kappa shape index (κ2) is 6.18. The van der Waals surface area contributed by atoms with E-state index in [9.17, 15) is 0 Å². The van der Waals surface area contributed by atoms with Crippen molar-refractivity contribution < 1.29 is 0 Å². The molecule has 0 aliphatic carbocycles. The highest BCUT2D eigenvalue weighted by molar-refractivity contribution is 5.78. The lowest BCUT2D eigenvalue weighted by atomic mass is 9.97. The van der Waals surface area contributed by atoms with Crippen molar-refractivity contribution in [3.8, 4) is 0 Å². The largest absolute Gasteiger partial charge is 0.354 e. The second-order valence-corrected chi connectivity index (χ2v) is 5.51. The molecule has 0 radical (unpaired) electrons. The van der Waals surface area contributed by atoms with Gasteiger partial charge in [0.2, 0.25) is 5.95 Å². The van der Waals surface area contributed by atoms with Crippen molar-refractivity contribution in [1.82, 2.24) is 14.9 Å². The van der Waals surface area contributed by atoms with E-state index in [1.807, 2.05) is 30.5 Å². The van der Waals surface area contributed by atoms with Crippen molar-refractivity contribution >= 4 is 16.9 Å². The molecular weight excluding hydrogens is 248 g/mol. The maximum atomic E-state index is 4.56. The molecule has 1 N–H and O–H groups in total. The summed E-state index contributed by atoms with van der Waals surface area (Å²) in [6, 6.07) is 8.10. The standard InChI is InChI=1S/C16H22N4/c1-2-20-9-7-13(8-10-20)11-17-16-18-12-14-5-3-4-6-15(14)19-16/h3-6,12-13H,2,7-11H2,1H3,(H,17,18,19). The quantitative estimate of drug-likeness (QED) is 0.927. The summed E-state index contributed by atoms with van der Waals surface area (Å²) in [6.07, 6.45) is 4.44. The predicted octanol–water partition coefficient (Wildman–Crippen LogP) is 2.77. The number of aromatic nitrogens is 2. The molecule has 0 atom stereocenters. The molecule has 1 aliphatic heterocycles. The first-order chi connectivity index (χ1) is 9.85. The van der Waals surface area contributed by atoms with Crippen LogP contribution in [0.2, 0.25) is 0 Å². The van der Waals surface area contributed by atoms with E-state index in [1.165, 1.54) is 32.5 Å². The van der Waals surface area contributed by atoms with E-state index in [-0.39, 0.29) is 0 Å². The molecule has 0 amide bonds. The third-order valence-electron chi connectivity index (χ3n) is 4.19. The van der Waals surface area contributed by atoms with Gasteiger partial charge in [-0.2, -0.15) is 0 Å². The number of likely N-dealkylation sites (tertiary alicyclic amines) is 1. The van der Waals surface area contributed by atoms with E-state index >= 15 is 0 Å². The summed E-state index contributed by atoms with van der Waals surface area (Å²) in [5.74, 6) is 1.49. The van der Waals surface area contributed by atoms with Crippen LogP contribution in [0.25, 0.3) is 10.9 Å². The first kappa shape index (κ1) is 13.3. The third kappa shape index (κ3) is 3.07. The van der Waals surface area contributed by atoms with Gasteiger partial charge in [0.25, 0.3) is 0 Å². The number of anilines is 1. The van der Waals surface area contributed by atoms with E-state index in [4.69, 9.17) is 0 Å². The van der Waals surface area contributed by atoms with Crippen LogP contribution in [-0.4, -0.2) is 41.0 Å². The maximum absolute atomic E-state index is 4.56. The number of rotatable bonds is 4. The average molecular weight is 270 g/mol. The summed E-state index contributed by atoms with van der Waals surface area (Å²) in [4.78, 5) is 11.5. The summed E-state index contributed by atoms with van der Waals surface area (Å²) in [5.41, 5.74) is 1.01. The molecule has 0 saturated carbocycles. The van der Waals surface area contributed by atoms with Crippen LogP contribution in [0.1, 0.15) is 19.8 Å². The van der Waals surface area contributed by atoms with Crippen LogP contribution in [0.4, 0.5) is 5.95 Å².